The van der Waals surface area contributed by atoms with Gasteiger partial charge in [0.2, 0.25) is 0 Å². The molecular formula is C11H16N2O2. The third-order valence-corrected chi connectivity index (χ3v) is 3.32. The summed E-state index contributed by atoms with van der Waals surface area (Å²) in [4.78, 5) is 11.0. The highest BCUT2D eigenvalue weighted by Gasteiger charge is 2.33. The Morgan fingerprint density at radius 1 is 1.60 bits per heavy atom. The quantitative estimate of drug-likeness (QED) is 0.798. The van der Waals surface area contributed by atoms with Crippen LogP contribution in [-0.4, -0.2) is 21.3 Å². The van der Waals surface area contributed by atoms with Crippen LogP contribution in [0.1, 0.15) is 50.4 Å². The molecule has 0 radical (unpaired) electrons. The number of nitrogens with zero attached hydrogens (tertiary/aromatic N) is 1. The van der Waals surface area contributed by atoms with E-state index >= 15 is 0 Å². The molecule has 1 heterocycles. The Morgan fingerprint density at radius 2 is 2.27 bits per heavy atom. The smallest absolute Gasteiger partial charge is 0.315 e. The van der Waals surface area contributed by atoms with Crippen LogP contribution >= 0.6 is 0 Å². The lowest BCUT2D eigenvalue weighted by molar-refractivity contribution is -0.142. The van der Waals surface area contributed by atoms with Gasteiger partial charge in [-0.2, -0.15) is 5.10 Å². The maximum atomic E-state index is 11.0. The van der Waals surface area contributed by atoms with E-state index in [2.05, 4.69) is 10.2 Å². The minimum atomic E-state index is -0.904. The number of H-pyrrole nitrogens is 1. The van der Waals surface area contributed by atoms with Crippen LogP contribution in [-0.2, 0) is 10.2 Å². The van der Waals surface area contributed by atoms with E-state index in [1.165, 1.54) is 19.3 Å². The third kappa shape index (κ3) is 1.64. The van der Waals surface area contributed by atoms with Crippen molar-refractivity contribution in [2.45, 2.75) is 44.4 Å². The fraction of sp³-hybridized carbons (Fsp3) is 0.636. The molecule has 0 atom stereocenters. The van der Waals surface area contributed by atoms with Gasteiger partial charge in [0.05, 0.1) is 5.69 Å². The average molecular weight is 208 g/mol. The van der Waals surface area contributed by atoms with Gasteiger partial charge in [0.1, 0.15) is 5.41 Å². The Balaban J connectivity index is 2.22. The first-order chi connectivity index (χ1) is 7.01. The van der Waals surface area contributed by atoms with Gasteiger partial charge in [0.25, 0.3) is 0 Å². The summed E-state index contributed by atoms with van der Waals surface area (Å²) in [5.74, 6) is -0.273. The van der Waals surface area contributed by atoms with Crippen LogP contribution in [0.15, 0.2) is 6.07 Å². The van der Waals surface area contributed by atoms with E-state index in [9.17, 15) is 4.79 Å². The zero-order valence-electron chi connectivity index (χ0n) is 9.08. The zero-order chi connectivity index (χ0) is 11.1. The lowest BCUT2D eigenvalue weighted by Gasteiger charge is -2.23. The van der Waals surface area contributed by atoms with Gasteiger partial charge in [0, 0.05) is 11.6 Å². The molecule has 1 aliphatic rings. The maximum Gasteiger partial charge on any atom is 0.315 e. The molecular weight excluding hydrogens is 192 g/mol. The van der Waals surface area contributed by atoms with Crippen molar-refractivity contribution in [3.63, 3.8) is 0 Å². The zero-order valence-corrected chi connectivity index (χ0v) is 9.08. The highest BCUT2D eigenvalue weighted by atomic mass is 16.4. The molecule has 0 bridgehead atoms. The molecule has 1 aromatic rings. The molecule has 1 aliphatic carbocycles. The van der Waals surface area contributed by atoms with Gasteiger partial charge in [-0.15, -0.1) is 0 Å². The molecule has 4 heteroatoms. The number of nitrogens with one attached hydrogen (secondary N) is 1. The lowest BCUT2D eigenvalue weighted by Crippen LogP contribution is -2.28. The average Bonchev–Trinajstić information content (AvgIpc) is 2.50. The number of aliphatic carboxylic acids is 1. The molecule has 1 aromatic heterocycles. The van der Waals surface area contributed by atoms with E-state index in [1.807, 2.05) is 6.07 Å². The van der Waals surface area contributed by atoms with E-state index in [1.54, 1.807) is 13.8 Å². The Kier molecular flexibility index (Phi) is 2.29. The Hall–Kier alpha value is -1.32. The molecule has 0 aliphatic heterocycles. The third-order valence-electron chi connectivity index (χ3n) is 3.32. The van der Waals surface area contributed by atoms with Gasteiger partial charge in [-0.25, -0.2) is 0 Å². The SMILES string of the molecule is CC(C)(C(=O)O)c1cc(C2CCC2)[nH]n1. The number of aromatic amines is 1. The van der Waals surface area contributed by atoms with Gasteiger partial charge >= 0.3 is 5.97 Å². The van der Waals surface area contributed by atoms with E-state index in [0.29, 0.717) is 11.6 Å². The fourth-order valence-electron chi connectivity index (χ4n) is 1.69. The highest BCUT2D eigenvalue weighted by molar-refractivity contribution is 5.79. The van der Waals surface area contributed by atoms with Crippen LogP contribution in [0, 0.1) is 0 Å². The van der Waals surface area contributed by atoms with E-state index in [0.717, 1.165) is 5.69 Å². The summed E-state index contributed by atoms with van der Waals surface area (Å²) in [6.45, 7) is 3.35. The lowest BCUT2D eigenvalue weighted by atomic mass is 9.82. The second-order valence-electron chi connectivity index (χ2n) is 4.77. The summed E-state index contributed by atoms with van der Waals surface area (Å²) in [5, 5.41) is 16.1. The second-order valence-corrected chi connectivity index (χ2v) is 4.77. The van der Waals surface area contributed by atoms with Gasteiger partial charge < -0.3 is 5.11 Å². The number of hydrogen-bond donors (Lipinski definition) is 2. The van der Waals surface area contributed by atoms with Crippen LogP contribution in [0.3, 0.4) is 0 Å². The minimum absolute atomic E-state index is 0.566. The molecule has 0 unspecified atom stereocenters. The molecule has 0 amide bonds. The molecule has 0 spiro atoms. The number of hydrogen-bond acceptors (Lipinski definition) is 2. The van der Waals surface area contributed by atoms with Crippen LogP contribution in [0.4, 0.5) is 0 Å². The first kappa shape index (κ1) is 10.2. The van der Waals surface area contributed by atoms with Gasteiger partial charge in [-0.1, -0.05) is 6.42 Å². The number of rotatable bonds is 3. The van der Waals surface area contributed by atoms with Gasteiger partial charge in [-0.05, 0) is 32.8 Å². The summed E-state index contributed by atoms with van der Waals surface area (Å²) in [6, 6.07) is 1.90. The Labute approximate surface area is 88.7 Å². The summed E-state index contributed by atoms with van der Waals surface area (Å²) in [7, 11) is 0. The monoisotopic (exact) mass is 208 g/mol. The molecule has 2 rings (SSSR count). The van der Waals surface area contributed by atoms with Crippen molar-refractivity contribution in [2.24, 2.45) is 0 Å². The molecule has 1 saturated carbocycles. The van der Waals surface area contributed by atoms with Crippen LogP contribution in [0.25, 0.3) is 0 Å². The maximum absolute atomic E-state index is 11.0. The van der Waals surface area contributed by atoms with Gasteiger partial charge in [-0.3, -0.25) is 9.89 Å². The molecule has 0 aromatic carbocycles. The summed E-state index contributed by atoms with van der Waals surface area (Å²) >= 11 is 0. The van der Waals surface area contributed by atoms with Crippen molar-refractivity contribution in [3.05, 3.63) is 17.5 Å². The Bertz CT molecular complexity index is 378. The van der Waals surface area contributed by atoms with Crippen molar-refractivity contribution >= 4 is 5.97 Å². The summed E-state index contributed by atoms with van der Waals surface area (Å²) < 4.78 is 0. The molecule has 82 valence electrons. The van der Waals surface area contributed by atoms with Crippen LogP contribution in [0.2, 0.25) is 0 Å². The standard InChI is InChI=1S/C11H16N2O2/c1-11(2,10(14)15)9-6-8(12-13-9)7-4-3-5-7/h6-7H,3-5H2,1-2H3,(H,12,13)(H,14,15). The Morgan fingerprint density at radius 3 is 2.73 bits per heavy atom. The van der Waals surface area contributed by atoms with Crippen LogP contribution in [0.5, 0.6) is 0 Å². The van der Waals surface area contributed by atoms with E-state index in [-0.39, 0.29) is 0 Å². The predicted octanol–water partition coefficient (Wildman–Crippen LogP) is 2.04. The molecule has 1 fully saturated rings. The van der Waals surface area contributed by atoms with Crippen molar-refractivity contribution in [3.8, 4) is 0 Å². The first-order valence-electron chi connectivity index (χ1n) is 5.31. The number of carbonyl (C=O) groups is 1. The molecule has 0 saturated heterocycles. The van der Waals surface area contributed by atoms with Crippen LogP contribution < -0.4 is 0 Å². The highest BCUT2D eigenvalue weighted by Crippen LogP contribution is 2.36. The van der Waals surface area contributed by atoms with E-state index in [4.69, 9.17) is 5.11 Å². The molecule has 4 nitrogen and oxygen atoms in total. The number of carboxylic acids is 1. The van der Waals surface area contributed by atoms with Crippen molar-refractivity contribution in [1.82, 2.24) is 10.2 Å². The second kappa shape index (κ2) is 3.36. The largest absolute Gasteiger partial charge is 0.481 e. The normalized spacial score (nSPS) is 17.5. The fourth-order valence-corrected chi connectivity index (χ4v) is 1.69. The summed E-state index contributed by atoms with van der Waals surface area (Å²) in [5.41, 5.74) is 0.806. The van der Waals surface area contributed by atoms with Gasteiger partial charge in [0.15, 0.2) is 0 Å². The molecule has 15 heavy (non-hydrogen) atoms. The minimum Gasteiger partial charge on any atom is -0.481 e. The molecule has 2 N–H and O–H groups in total. The van der Waals surface area contributed by atoms with Crippen molar-refractivity contribution in [1.29, 1.82) is 0 Å². The predicted molar refractivity (Wildman–Crippen MR) is 55.8 cm³/mol. The number of aromatic nitrogens is 2. The van der Waals surface area contributed by atoms with Crippen molar-refractivity contribution in [2.75, 3.05) is 0 Å². The topological polar surface area (TPSA) is 66.0 Å². The summed E-state index contributed by atoms with van der Waals surface area (Å²) in [6.07, 6.45) is 3.64. The van der Waals surface area contributed by atoms with E-state index < -0.39 is 11.4 Å². The van der Waals surface area contributed by atoms with Crippen molar-refractivity contribution < 1.29 is 9.90 Å². The first-order valence-corrected chi connectivity index (χ1v) is 5.31. The number of carboxylic acid groups (broad SMARTS) is 1.